The highest BCUT2D eigenvalue weighted by molar-refractivity contribution is 6.36. The van der Waals surface area contributed by atoms with Crippen LogP contribution in [0.5, 0.6) is 0 Å². The van der Waals surface area contributed by atoms with E-state index in [0.29, 0.717) is 22.6 Å². The second-order valence-corrected chi connectivity index (χ2v) is 8.34. The van der Waals surface area contributed by atoms with E-state index in [2.05, 4.69) is 10.4 Å². The summed E-state index contributed by atoms with van der Waals surface area (Å²) in [5.41, 5.74) is 1.64. The number of halogens is 6. The van der Waals surface area contributed by atoms with E-state index in [9.17, 15) is 8.78 Å². The molecule has 1 aromatic heterocycles. The van der Waals surface area contributed by atoms with Crippen molar-refractivity contribution in [2.45, 2.75) is 6.92 Å². The molecule has 0 radical (unpaired) electrons. The van der Waals surface area contributed by atoms with Gasteiger partial charge in [-0.25, -0.2) is 13.2 Å². The third-order valence-corrected chi connectivity index (χ3v) is 5.79. The molecule has 3 nitrogen and oxygen atoms in total. The zero-order valence-corrected chi connectivity index (χ0v) is 19.0. The van der Waals surface area contributed by atoms with Gasteiger partial charge in [-0.05, 0) is 37.3 Å². The molecule has 4 aromatic rings. The molecule has 0 amide bonds. The summed E-state index contributed by atoms with van der Waals surface area (Å²) in [4.78, 5) is 0. The van der Waals surface area contributed by atoms with Crippen LogP contribution >= 0.6 is 34.8 Å². The molecule has 4 rings (SSSR count). The molecule has 0 saturated heterocycles. The number of hydrogen-bond donors (Lipinski definition) is 1. The Kier molecular flexibility index (Phi) is 6.12. The van der Waals surface area contributed by atoms with Crippen LogP contribution < -0.4 is 5.32 Å². The summed E-state index contributed by atoms with van der Waals surface area (Å²) in [6, 6.07) is 11.0. The predicted octanol–water partition coefficient (Wildman–Crippen LogP) is 8.18. The van der Waals surface area contributed by atoms with Gasteiger partial charge in [-0.3, -0.25) is 4.68 Å². The van der Waals surface area contributed by atoms with Gasteiger partial charge in [0.1, 0.15) is 23.3 Å². The second-order valence-electron chi connectivity index (χ2n) is 7.09. The Labute approximate surface area is 197 Å². The minimum atomic E-state index is -0.667. The minimum absolute atomic E-state index is 0.0153. The molecule has 0 atom stereocenters. The highest BCUT2D eigenvalue weighted by atomic mass is 35.5. The van der Waals surface area contributed by atoms with Crippen LogP contribution in [0.4, 0.5) is 24.7 Å². The molecular weight excluding hydrogens is 482 g/mol. The second kappa shape index (κ2) is 8.70. The van der Waals surface area contributed by atoms with Gasteiger partial charge in [-0.15, -0.1) is 0 Å². The molecule has 32 heavy (non-hydrogen) atoms. The SMILES string of the molecule is Cc1nn(C)c(Nc2c(F)cc(Cl)cc2Cl)c1-c1cccc(-c2ccc(F)cc2Cl)c1F. The van der Waals surface area contributed by atoms with Crippen LogP contribution in [-0.4, -0.2) is 9.78 Å². The van der Waals surface area contributed by atoms with E-state index in [1.807, 2.05) is 0 Å². The maximum Gasteiger partial charge on any atom is 0.149 e. The highest BCUT2D eigenvalue weighted by Gasteiger charge is 2.23. The van der Waals surface area contributed by atoms with Gasteiger partial charge in [-0.1, -0.05) is 53.0 Å². The normalized spacial score (nSPS) is 11.1. The maximum atomic E-state index is 15.7. The van der Waals surface area contributed by atoms with Crippen LogP contribution in [-0.2, 0) is 7.05 Å². The first-order chi connectivity index (χ1) is 15.2. The Balaban J connectivity index is 1.88. The Bertz CT molecular complexity index is 1330. The Hall–Kier alpha value is -2.67. The number of anilines is 2. The van der Waals surface area contributed by atoms with Crippen molar-refractivity contribution in [3.05, 3.63) is 86.7 Å². The summed E-state index contributed by atoms with van der Waals surface area (Å²) in [5, 5.41) is 7.57. The first-order valence-corrected chi connectivity index (χ1v) is 10.5. The summed E-state index contributed by atoms with van der Waals surface area (Å²) < 4.78 is 45.2. The van der Waals surface area contributed by atoms with Crippen LogP contribution in [0.25, 0.3) is 22.3 Å². The van der Waals surface area contributed by atoms with Crippen LogP contribution in [0.3, 0.4) is 0 Å². The van der Waals surface area contributed by atoms with Gasteiger partial charge in [0.25, 0.3) is 0 Å². The molecule has 164 valence electrons. The number of nitrogens with one attached hydrogen (secondary N) is 1. The van der Waals surface area contributed by atoms with Crippen molar-refractivity contribution >= 4 is 46.3 Å². The topological polar surface area (TPSA) is 29.9 Å². The monoisotopic (exact) mass is 495 g/mol. The summed E-state index contributed by atoms with van der Waals surface area (Å²) >= 11 is 18.2. The maximum absolute atomic E-state index is 15.7. The summed E-state index contributed by atoms with van der Waals surface area (Å²) in [6.45, 7) is 1.71. The fraction of sp³-hybridized carbons (Fsp3) is 0.0870. The lowest BCUT2D eigenvalue weighted by molar-refractivity contribution is 0.626. The van der Waals surface area contributed by atoms with E-state index in [-0.39, 0.29) is 31.9 Å². The standard InChI is InChI=1S/C23H15Cl3F3N3/c1-11-20(23(32(2)31-11)30-22-18(26)8-12(24)9-19(22)28)16-5-3-4-15(21(16)29)14-7-6-13(27)10-17(14)25/h3-10,30H,1-2H3. The fourth-order valence-corrected chi connectivity index (χ4v) is 4.33. The fourth-order valence-electron chi connectivity index (χ4n) is 3.55. The summed E-state index contributed by atoms with van der Waals surface area (Å²) in [5.74, 6) is -1.44. The lowest BCUT2D eigenvalue weighted by Gasteiger charge is -2.14. The molecule has 0 saturated carbocycles. The van der Waals surface area contributed by atoms with Crippen LogP contribution in [0.2, 0.25) is 15.1 Å². The first kappa shape index (κ1) is 22.5. The van der Waals surface area contributed by atoms with Gasteiger partial charge < -0.3 is 5.32 Å². The molecule has 0 aliphatic carbocycles. The van der Waals surface area contributed by atoms with E-state index in [0.717, 1.165) is 12.1 Å². The quantitative estimate of drug-likeness (QED) is 0.309. The third-order valence-electron chi connectivity index (χ3n) is 4.96. The van der Waals surface area contributed by atoms with Gasteiger partial charge in [0.15, 0.2) is 0 Å². The van der Waals surface area contributed by atoms with Crippen molar-refractivity contribution in [2.75, 3.05) is 5.32 Å². The lowest BCUT2D eigenvalue weighted by atomic mass is 9.97. The number of hydrogen-bond acceptors (Lipinski definition) is 2. The number of rotatable bonds is 4. The smallest absolute Gasteiger partial charge is 0.149 e. The van der Waals surface area contributed by atoms with Crippen molar-refractivity contribution < 1.29 is 13.2 Å². The third kappa shape index (κ3) is 4.06. The van der Waals surface area contributed by atoms with E-state index < -0.39 is 17.5 Å². The van der Waals surface area contributed by atoms with Gasteiger partial charge in [0.05, 0.1) is 27.0 Å². The summed E-state index contributed by atoms with van der Waals surface area (Å²) in [7, 11) is 1.64. The van der Waals surface area contributed by atoms with Gasteiger partial charge in [0, 0.05) is 28.8 Å². The number of nitrogens with zero attached hydrogens (tertiary/aromatic N) is 2. The van der Waals surface area contributed by atoms with Crippen LogP contribution in [0.1, 0.15) is 5.69 Å². The van der Waals surface area contributed by atoms with Crippen molar-refractivity contribution in [1.29, 1.82) is 0 Å². The van der Waals surface area contributed by atoms with E-state index >= 15 is 4.39 Å². The molecule has 0 bridgehead atoms. The Morgan fingerprint density at radius 3 is 2.28 bits per heavy atom. The summed E-state index contributed by atoms with van der Waals surface area (Å²) in [6.07, 6.45) is 0. The molecule has 0 aliphatic rings. The van der Waals surface area contributed by atoms with Gasteiger partial charge in [0.2, 0.25) is 0 Å². The zero-order chi connectivity index (χ0) is 23.2. The van der Waals surface area contributed by atoms with Crippen molar-refractivity contribution in [3.63, 3.8) is 0 Å². The molecule has 0 aliphatic heterocycles. The largest absolute Gasteiger partial charge is 0.336 e. The molecule has 0 spiro atoms. The predicted molar refractivity (Wildman–Crippen MR) is 123 cm³/mol. The van der Waals surface area contributed by atoms with Gasteiger partial charge >= 0.3 is 0 Å². The highest BCUT2D eigenvalue weighted by Crippen LogP contribution is 2.41. The van der Waals surface area contributed by atoms with Crippen LogP contribution in [0.15, 0.2) is 48.5 Å². The van der Waals surface area contributed by atoms with E-state index in [1.54, 1.807) is 32.2 Å². The molecule has 0 unspecified atom stereocenters. The van der Waals surface area contributed by atoms with Crippen molar-refractivity contribution in [1.82, 2.24) is 9.78 Å². The number of aromatic nitrogens is 2. The van der Waals surface area contributed by atoms with E-state index in [4.69, 9.17) is 34.8 Å². The zero-order valence-electron chi connectivity index (χ0n) is 16.8. The molecule has 9 heteroatoms. The lowest BCUT2D eigenvalue weighted by Crippen LogP contribution is -2.03. The van der Waals surface area contributed by atoms with Crippen LogP contribution in [0, 0.1) is 24.4 Å². The average molecular weight is 497 g/mol. The van der Waals surface area contributed by atoms with E-state index in [1.165, 1.54) is 22.9 Å². The number of benzene rings is 3. The Morgan fingerprint density at radius 1 is 0.875 bits per heavy atom. The Morgan fingerprint density at radius 2 is 1.59 bits per heavy atom. The molecule has 3 aromatic carbocycles. The number of aryl methyl sites for hydroxylation is 2. The van der Waals surface area contributed by atoms with Gasteiger partial charge in [-0.2, -0.15) is 5.10 Å². The molecular formula is C23H15Cl3F3N3. The molecule has 0 fully saturated rings. The average Bonchev–Trinajstić information content (AvgIpc) is 2.98. The first-order valence-electron chi connectivity index (χ1n) is 9.37. The molecule has 1 heterocycles. The van der Waals surface area contributed by atoms with Crippen molar-refractivity contribution in [2.24, 2.45) is 7.05 Å². The van der Waals surface area contributed by atoms with Crippen molar-refractivity contribution in [3.8, 4) is 22.3 Å². The minimum Gasteiger partial charge on any atom is -0.336 e. The molecule has 1 N–H and O–H groups in total.